The second-order valence-corrected chi connectivity index (χ2v) is 12.6. The van der Waals surface area contributed by atoms with Crippen LogP contribution in [-0.4, -0.2) is 78.0 Å². The highest BCUT2D eigenvalue weighted by Crippen LogP contribution is 2.26. The maximum Gasteiger partial charge on any atom is 0.269 e. The second-order valence-electron chi connectivity index (χ2n) is 8.78. The first-order valence-corrected chi connectivity index (χ1v) is 15.4. The van der Waals surface area contributed by atoms with Crippen molar-refractivity contribution in [2.24, 2.45) is 0 Å². The van der Waals surface area contributed by atoms with Crippen LogP contribution in [0.3, 0.4) is 0 Å². The molecule has 1 heterocycles. The van der Waals surface area contributed by atoms with Crippen LogP contribution >= 0.6 is 0 Å². The Labute approximate surface area is 237 Å². The van der Waals surface area contributed by atoms with E-state index in [1.54, 1.807) is 18.2 Å². The molecule has 1 saturated heterocycles. The molecule has 3 aromatic carbocycles. The van der Waals surface area contributed by atoms with Gasteiger partial charge in [0.1, 0.15) is 18.9 Å². The zero-order valence-corrected chi connectivity index (χ0v) is 23.4. The average molecular weight is 605 g/mol. The normalized spacial score (nSPS) is 14.2. The fourth-order valence-electron chi connectivity index (χ4n) is 3.96. The van der Waals surface area contributed by atoms with Crippen LogP contribution in [0, 0.1) is 10.1 Å². The molecule has 4 rings (SSSR count). The summed E-state index contributed by atoms with van der Waals surface area (Å²) in [6, 6.07) is 18.3. The van der Waals surface area contributed by atoms with Gasteiger partial charge in [-0.25, -0.2) is 16.8 Å². The van der Waals surface area contributed by atoms with Crippen molar-refractivity contribution in [3.63, 3.8) is 0 Å². The number of nitro benzene ring substituents is 1. The van der Waals surface area contributed by atoms with Crippen molar-refractivity contribution in [3.05, 3.63) is 89.0 Å². The van der Waals surface area contributed by atoms with E-state index in [0.717, 1.165) is 16.4 Å². The lowest BCUT2D eigenvalue weighted by molar-refractivity contribution is -0.384. The lowest BCUT2D eigenvalue weighted by Gasteiger charge is -2.26. The maximum absolute atomic E-state index is 13.3. The topological polar surface area (TPSA) is 165 Å². The Hall–Kier alpha value is -4.05. The standard InChI is InChI=1S/C26H28N4O9S2/c31-26(27-14-17-39-23-10-12-25(13-11-23)40(34,35)28-15-18-38-19-16-28)20-29(21-6-8-22(9-7-21)30(32)33)41(36,37)24-4-2-1-3-5-24/h1-13H,14-20H2,(H,27,31). The van der Waals surface area contributed by atoms with Crippen molar-refractivity contribution in [2.75, 3.05) is 50.3 Å². The van der Waals surface area contributed by atoms with E-state index in [4.69, 9.17) is 9.47 Å². The summed E-state index contributed by atoms with van der Waals surface area (Å²) >= 11 is 0. The highest BCUT2D eigenvalue weighted by Gasteiger charge is 2.28. The van der Waals surface area contributed by atoms with Gasteiger partial charge in [0.25, 0.3) is 15.7 Å². The van der Waals surface area contributed by atoms with Gasteiger partial charge in [0.15, 0.2) is 0 Å². The van der Waals surface area contributed by atoms with Gasteiger partial charge in [-0.1, -0.05) is 18.2 Å². The molecule has 0 aliphatic carbocycles. The Bertz CT molecular complexity index is 1560. The minimum absolute atomic E-state index is 0.0320. The molecule has 41 heavy (non-hydrogen) atoms. The number of non-ortho nitro benzene ring substituents is 1. The summed E-state index contributed by atoms with van der Waals surface area (Å²) in [6.45, 7) is 0.745. The molecular weight excluding hydrogens is 576 g/mol. The van der Waals surface area contributed by atoms with Gasteiger partial charge in [-0.15, -0.1) is 0 Å². The molecule has 13 nitrogen and oxygen atoms in total. The van der Waals surface area contributed by atoms with Crippen molar-refractivity contribution < 1.29 is 36.0 Å². The van der Waals surface area contributed by atoms with Crippen molar-refractivity contribution in [2.45, 2.75) is 9.79 Å². The van der Waals surface area contributed by atoms with Crippen LogP contribution in [0.25, 0.3) is 0 Å². The molecule has 1 aliphatic rings. The summed E-state index contributed by atoms with van der Waals surface area (Å²) in [6.07, 6.45) is 0. The third-order valence-corrected chi connectivity index (χ3v) is 9.79. The number of nitrogens with one attached hydrogen (secondary N) is 1. The largest absolute Gasteiger partial charge is 0.492 e. The van der Waals surface area contributed by atoms with E-state index in [2.05, 4.69) is 5.32 Å². The fraction of sp³-hybridized carbons (Fsp3) is 0.269. The predicted molar refractivity (Wildman–Crippen MR) is 149 cm³/mol. The van der Waals surface area contributed by atoms with Crippen molar-refractivity contribution >= 4 is 37.3 Å². The Kier molecular flexibility index (Phi) is 9.54. The summed E-state index contributed by atoms with van der Waals surface area (Å²) in [5, 5.41) is 13.6. The van der Waals surface area contributed by atoms with E-state index in [9.17, 15) is 31.7 Å². The first kappa shape index (κ1) is 29.9. The summed E-state index contributed by atoms with van der Waals surface area (Å²) in [5.41, 5.74) is -0.142. The van der Waals surface area contributed by atoms with Crippen LogP contribution in [0.15, 0.2) is 88.7 Å². The number of hydrogen-bond donors (Lipinski definition) is 1. The molecule has 218 valence electrons. The Morgan fingerprint density at radius 3 is 2.17 bits per heavy atom. The van der Waals surface area contributed by atoms with Gasteiger partial charge in [-0.2, -0.15) is 4.31 Å². The van der Waals surface area contributed by atoms with E-state index in [1.165, 1.54) is 52.8 Å². The number of nitro groups is 1. The molecule has 1 fully saturated rings. The maximum atomic E-state index is 13.3. The number of morpholine rings is 1. The number of carbonyl (C=O) groups excluding carboxylic acids is 1. The van der Waals surface area contributed by atoms with Gasteiger partial charge >= 0.3 is 0 Å². The SMILES string of the molecule is O=C(CN(c1ccc([N+](=O)[O-])cc1)S(=O)(=O)c1ccccc1)NCCOc1ccc(S(=O)(=O)N2CCOCC2)cc1. The zero-order chi connectivity index (χ0) is 29.5. The number of hydrogen-bond acceptors (Lipinski definition) is 9. The van der Waals surface area contributed by atoms with Crippen molar-refractivity contribution in [1.29, 1.82) is 0 Å². The molecule has 15 heteroatoms. The van der Waals surface area contributed by atoms with Crippen LogP contribution in [-0.2, 0) is 29.6 Å². The van der Waals surface area contributed by atoms with E-state index in [0.29, 0.717) is 19.0 Å². The molecule has 0 saturated carbocycles. The van der Waals surface area contributed by atoms with Gasteiger partial charge in [0.2, 0.25) is 15.9 Å². The first-order valence-electron chi connectivity index (χ1n) is 12.5. The van der Waals surface area contributed by atoms with Gasteiger partial charge in [0, 0.05) is 25.2 Å². The Morgan fingerprint density at radius 2 is 1.56 bits per heavy atom. The smallest absolute Gasteiger partial charge is 0.269 e. The second kappa shape index (κ2) is 13.1. The molecule has 1 amide bonds. The van der Waals surface area contributed by atoms with Crippen molar-refractivity contribution in [1.82, 2.24) is 9.62 Å². The molecular formula is C26H28N4O9S2. The molecule has 0 radical (unpaired) electrons. The molecule has 0 spiro atoms. The van der Waals surface area contributed by atoms with Gasteiger partial charge in [0.05, 0.1) is 40.2 Å². The van der Waals surface area contributed by atoms with E-state index in [-0.39, 0.29) is 47.4 Å². The van der Waals surface area contributed by atoms with Gasteiger partial charge in [-0.3, -0.25) is 19.2 Å². The van der Waals surface area contributed by atoms with Crippen LogP contribution in [0.5, 0.6) is 5.75 Å². The Morgan fingerprint density at radius 1 is 0.927 bits per heavy atom. The number of nitrogens with zero attached hydrogens (tertiary/aromatic N) is 3. The third-order valence-electron chi connectivity index (χ3n) is 6.09. The monoisotopic (exact) mass is 604 g/mol. The van der Waals surface area contributed by atoms with E-state index in [1.807, 2.05) is 0 Å². The van der Waals surface area contributed by atoms with E-state index >= 15 is 0 Å². The average Bonchev–Trinajstić information content (AvgIpc) is 2.99. The lowest BCUT2D eigenvalue weighted by atomic mass is 10.3. The molecule has 1 N–H and O–H groups in total. The van der Waals surface area contributed by atoms with E-state index < -0.39 is 37.4 Å². The third kappa shape index (κ3) is 7.38. The fourth-order valence-corrected chi connectivity index (χ4v) is 6.81. The minimum atomic E-state index is -4.17. The molecule has 0 unspecified atom stereocenters. The minimum Gasteiger partial charge on any atom is -0.492 e. The molecule has 0 aromatic heterocycles. The number of anilines is 1. The summed E-state index contributed by atoms with van der Waals surface area (Å²) in [7, 11) is -7.80. The highest BCUT2D eigenvalue weighted by atomic mass is 32.2. The molecule has 3 aromatic rings. The number of sulfonamides is 2. The van der Waals surface area contributed by atoms with Gasteiger partial charge in [-0.05, 0) is 48.5 Å². The number of rotatable bonds is 12. The number of ether oxygens (including phenoxy) is 2. The number of carbonyl (C=O) groups is 1. The summed E-state index contributed by atoms with van der Waals surface area (Å²) < 4.78 is 65.2. The van der Waals surface area contributed by atoms with Crippen LogP contribution in [0.1, 0.15) is 0 Å². The highest BCUT2D eigenvalue weighted by molar-refractivity contribution is 7.92. The zero-order valence-electron chi connectivity index (χ0n) is 21.8. The molecule has 0 bridgehead atoms. The van der Waals surface area contributed by atoms with Crippen LogP contribution < -0.4 is 14.4 Å². The molecule has 1 aliphatic heterocycles. The quantitative estimate of drug-likeness (QED) is 0.185. The van der Waals surface area contributed by atoms with Crippen molar-refractivity contribution in [3.8, 4) is 5.75 Å². The predicted octanol–water partition coefficient (Wildman–Crippen LogP) is 2.01. The summed E-state index contributed by atoms with van der Waals surface area (Å²) in [4.78, 5) is 23.2. The van der Waals surface area contributed by atoms with Gasteiger partial charge < -0.3 is 14.8 Å². The first-order chi connectivity index (χ1) is 19.6. The lowest BCUT2D eigenvalue weighted by Crippen LogP contribution is -2.41. The Balaban J connectivity index is 1.36. The molecule has 0 atom stereocenters. The van der Waals surface area contributed by atoms with Crippen LogP contribution in [0.4, 0.5) is 11.4 Å². The summed E-state index contributed by atoms with van der Waals surface area (Å²) in [5.74, 6) is -0.238. The number of amides is 1. The van der Waals surface area contributed by atoms with Crippen LogP contribution in [0.2, 0.25) is 0 Å². The number of benzene rings is 3.